The Bertz CT molecular complexity index is 518. The van der Waals surface area contributed by atoms with E-state index in [1.54, 1.807) is 0 Å². The minimum absolute atomic E-state index is 0.0358. The van der Waals surface area contributed by atoms with E-state index in [4.69, 9.17) is 15.4 Å². The van der Waals surface area contributed by atoms with Gasteiger partial charge in [-0.25, -0.2) is 8.42 Å². The standard InChI is InChI=1S/C15H23ClO3S/c1-15(2,3)13-8-7-9-14(12-13)19-10-5-4-6-11-20(16,17)18/h7-9,12H,4-6,10-11H2,1-3H3. The highest BCUT2D eigenvalue weighted by atomic mass is 35.7. The molecule has 3 nitrogen and oxygen atoms in total. The van der Waals surface area contributed by atoms with E-state index in [2.05, 4.69) is 32.9 Å². The van der Waals surface area contributed by atoms with E-state index >= 15 is 0 Å². The molecule has 1 aromatic rings. The lowest BCUT2D eigenvalue weighted by Gasteiger charge is -2.19. The highest BCUT2D eigenvalue weighted by Gasteiger charge is 2.13. The van der Waals surface area contributed by atoms with Gasteiger partial charge < -0.3 is 4.74 Å². The fraction of sp³-hybridized carbons (Fsp3) is 0.600. The molecule has 0 amide bonds. The smallest absolute Gasteiger partial charge is 0.232 e. The molecule has 0 aliphatic carbocycles. The van der Waals surface area contributed by atoms with E-state index in [1.165, 1.54) is 5.56 Å². The van der Waals surface area contributed by atoms with Crippen LogP contribution in [0.25, 0.3) is 0 Å². The molecule has 0 heterocycles. The quantitative estimate of drug-likeness (QED) is 0.561. The average Bonchev–Trinajstić information content (AvgIpc) is 2.31. The normalized spacial score (nSPS) is 12.4. The van der Waals surface area contributed by atoms with Crippen LogP contribution >= 0.6 is 10.7 Å². The molecule has 0 aliphatic rings. The van der Waals surface area contributed by atoms with E-state index in [1.807, 2.05) is 12.1 Å². The highest BCUT2D eigenvalue weighted by molar-refractivity contribution is 8.13. The molecule has 0 saturated carbocycles. The molecular weight excluding hydrogens is 296 g/mol. The van der Waals surface area contributed by atoms with Gasteiger partial charge in [0.05, 0.1) is 12.4 Å². The van der Waals surface area contributed by atoms with Crippen molar-refractivity contribution in [1.82, 2.24) is 0 Å². The number of ether oxygens (including phenoxy) is 1. The molecular formula is C15H23ClO3S. The van der Waals surface area contributed by atoms with Gasteiger partial charge >= 0.3 is 0 Å². The van der Waals surface area contributed by atoms with Crippen molar-refractivity contribution in [2.75, 3.05) is 12.4 Å². The Balaban J connectivity index is 2.32. The third-order valence-electron chi connectivity index (χ3n) is 3.00. The lowest BCUT2D eigenvalue weighted by Crippen LogP contribution is -2.11. The maximum Gasteiger partial charge on any atom is 0.232 e. The van der Waals surface area contributed by atoms with Crippen molar-refractivity contribution in [3.8, 4) is 5.75 Å². The first-order valence-electron chi connectivity index (χ1n) is 6.84. The lowest BCUT2D eigenvalue weighted by molar-refractivity contribution is 0.305. The fourth-order valence-electron chi connectivity index (χ4n) is 1.80. The Morgan fingerprint density at radius 1 is 1.15 bits per heavy atom. The zero-order valence-electron chi connectivity index (χ0n) is 12.4. The molecule has 1 rings (SSSR count). The van der Waals surface area contributed by atoms with Gasteiger partial charge in [0.25, 0.3) is 0 Å². The third-order valence-corrected chi connectivity index (χ3v) is 4.24. The first-order chi connectivity index (χ1) is 9.18. The van der Waals surface area contributed by atoms with Crippen molar-refractivity contribution in [3.05, 3.63) is 29.8 Å². The van der Waals surface area contributed by atoms with Crippen LogP contribution < -0.4 is 4.74 Å². The first-order valence-corrected chi connectivity index (χ1v) is 9.32. The number of benzene rings is 1. The van der Waals surface area contributed by atoms with E-state index in [-0.39, 0.29) is 11.2 Å². The Hall–Kier alpha value is -0.740. The Kier molecular flexibility index (Phi) is 6.34. The van der Waals surface area contributed by atoms with Crippen LogP contribution in [0.15, 0.2) is 24.3 Å². The molecule has 5 heteroatoms. The molecule has 0 aromatic heterocycles. The Morgan fingerprint density at radius 2 is 1.85 bits per heavy atom. The van der Waals surface area contributed by atoms with Crippen molar-refractivity contribution in [2.24, 2.45) is 0 Å². The molecule has 0 saturated heterocycles. The molecule has 0 aliphatic heterocycles. The molecule has 0 atom stereocenters. The van der Waals surface area contributed by atoms with Crippen molar-refractivity contribution in [1.29, 1.82) is 0 Å². The predicted molar refractivity (Wildman–Crippen MR) is 84.1 cm³/mol. The second-order valence-corrected chi connectivity index (χ2v) is 8.83. The fourth-order valence-corrected chi connectivity index (χ4v) is 2.67. The summed E-state index contributed by atoms with van der Waals surface area (Å²) in [5.41, 5.74) is 1.34. The molecule has 1 aromatic carbocycles. The number of hydrogen-bond acceptors (Lipinski definition) is 3. The van der Waals surface area contributed by atoms with E-state index in [0.717, 1.165) is 18.6 Å². The molecule has 20 heavy (non-hydrogen) atoms. The predicted octanol–water partition coefficient (Wildman–Crippen LogP) is 4.10. The second-order valence-electron chi connectivity index (χ2n) is 5.93. The summed E-state index contributed by atoms with van der Waals surface area (Å²) in [5.74, 6) is 0.899. The number of halogens is 1. The SMILES string of the molecule is CC(C)(C)c1cccc(OCCCCCS(=O)(=O)Cl)c1. The second kappa shape index (κ2) is 7.32. The molecule has 0 fully saturated rings. The first kappa shape index (κ1) is 17.3. The van der Waals surface area contributed by atoms with E-state index < -0.39 is 9.05 Å². The molecule has 0 unspecified atom stereocenters. The van der Waals surface area contributed by atoms with Crippen molar-refractivity contribution in [2.45, 2.75) is 45.4 Å². The average molecular weight is 319 g/mol. The van der Waals surface area contributed by atoms with Gasteiger partial charge in [0.15, 0.2) is 0 Å². The van der Waals surface area contributed by atoms with Crippen LogP contribution in [-0.2, 0) is 14.5 Å². The van der Waals surface area contributed by atoms with Gasteiger partial charge in [-0.3, -0.25) is 0 Å². The summed E-state index contributed by atoms with van der Waals surface area (Å²) in [4.78, 5) is 0. The minimum Gasteiger partial charge on any atom is -0.494 e. The van der Waals surface area contributed by atoms with E-state index in [9.17, 15) is 8.42 Å². The summed E-state index contributed by atoms with van der Waals surface area (Å²) in [6, 6.07) is 8.09. The third kappa shape index (κ3) is 7.15. The maximum atomic E-state index is 10.8. The number of hydrogen-bond donors (Lipinski definition) is 0. The molecule has 0 radical (unpaired) electrons. The van der Waals surface area contributed by atoms with Gasteiger partial charge in [0.1, 0.15) is 5.75 Å². The van der Waals surface area contributed by atoms with Gasteiger partial charge in [-0.2, -0.15) is 0 Å². The molecule has 114 valence electrons. The van der Waals surface area contributed by atoms with Crippen molar-refractivity contribution >= 4 is 19.7 Å². The topological polar surface area (TPSA) is 43.4 Å². The van der Waals surface area contributed by atoms with Gasteiger partial charge in [-0.15, -0.1) is 0 Å². The Labute approximate surface area is 126 Å². The van der Waals surface area contributed by atoms with Gasteiger partial charge in [0, 0.05) is 10.7 Å². The maximum absolute atomic E-state index is 10.8. The summed E-state index contributed by atoms with van der Waals surface area (Å²) < 4.78 is 27.2. The Morgan fingerprint density at radius 3 is 2.45 bits per heavy atom. The van der Waals surface area contributed by atoms with E-state index in [0.29, 0.717) is 13.0 Å². The van der Waals surface area contributed by atoms with Gasteiger partial charge in [-0.1, -0.05) is 32.9 Å². The summed E-state index contributed by atoms with van der Waals surface area (Å²) in [5, 5.41) is 0. The zero-order valence-corrected chi connectivity index (χ0v) is 13.9. The van der Waals surface area contributed by atoms with Crippen molar-refractivity contribution in [3.63, 3.8) is 0 Å². The largest absolute Gasteiger partial charge is 0.494 e. The van der Waals surface area contributed by atoms with Crippen LogP contribution in [-0.4, -0.2) is 20.8 Å². The summed E-state index contributed by atoms with van der Waals surface area (Å²) in [7, 11) is 1.79. The van der Waals surface area contributed by atoms with Gasteiger partial charge in [-0.05, 0) is 42.4 Å². The van der Waals surface area contributed by atoms with Crippen LogP contribution in [0, 0.1) is 0 Å². The summed E-state index contributed by atoms with van der Waals surface area (Å²) >= 11 is 0. The lowest BCUT2D eigenvalue weighted by atomic mass is 9.87. The summed E-state index contributed by atoms with van der Waals surface area (Å²) in [6.07, 6.45) is 2.20. The summed E-state index contributed by atoms with van der Waals surface area (Å²) in [6.45, 7) is 7.09. The molecule has 0 bridgehead atoms. The number of unbranched alkanes of at least 4 members (excludes halogenated alkanes) is 2. The van der Waals surface area contributed by atoms with Crippen LogP contribution in [0.5, 0.6) is 5.75 Å². The highest BCUT2D eigenvalue weighted by Crippen LogP contribution is 2.25. The monoisotopic (exact) mass is 318 g/mol. The zero-order chi connectivity index (χ0) is 15.2. The van der Waals surface area contributed by atoms with Crippen LogP contribution in [0.3, 0.4) is 0 Å². The van der Waals surface area contributed by atoms with Crippen LogP contribution in [0.4, 0.5) is 0 Å². The number of rotatable bonds is 7. The van der Waals surface area contributed by atoms with Crippen LogP contribution in [0.1, 0.15) is 45.6 Å². The van der Waals surface area contributed by atoms with Gasteiger partial charge in [0.2, 0.25) is 9.05 Å². The van der Waals surface area contributed by atoms with Crippen molar-refractivity contribution < 1.29 is 13.2 Å². The minimum atomic E-state index is -3.35. The molecule has 0 N–H and O–H groups in total. The molecule has 0 spiro atoms. The van der Waals surface area contributed by atoms with Crippen LogP contribution in [0.2, 0.25) is 0 Å².